The van der Waals surface area contributed by atoms with Gasteiger partial charge in [-0.25, -0.2) is 14.1 Å². The largest absolute Gasteiger partial charge is 0.330 e. The van der Waals surface area contributed by atoms with Crippen molar-refractivity contribution in [2.45, 2.75) is 33.1 Å². The second-order valence-electron chi connectivity index (χ2n) is 4.42. The Morgan fingerprint density at radius 1 is 1.21 bits per heavy atom. The van der Waals surface area contributed by atoms with E-state index in [-0.39, 0.29) is 5.82 Å². The molecule has 1 aromatic carbocycles. The van der Waals surface area contributed by atoms with Crippen LogP contribution in [0.3, 0.4) is 0 Å². The van der Waals surface area contributed by atoms with E-state index in [0.29, 0.717) is 18.7 Å². The van der Waals surface area contributed by atoms with Crippen molar-refractivity contribution in [2.24, 2.45) is 5.73 Å². The Morgan fingerprint density at radius 3 is 2.63 bits per heavy atom. The highest BCUT2D eigenvalue weighted by atomic mass is 19.1. The summed E-state index contributed by atoms with van der Waals surface area (Å²) in [5.74, 6) is 1.36. The summed E-state index contributed by atoms with van der Waals surface area (Å²) in [6.07, 6.45) is 2.18. The van der Waals surface area contributed by atoms with Gasteiger partial charge in [-0.05, 0) is 36.7 Å². The van der Waals surface area contributed by atoms with Gasteiger partial charge in [0.25, 0.3) is 0 Å². The van der Waals surface area contributed by atoms with Gasteiger partial charge in [0.15, 0.2) is 5.82 Å². The molecule has 2 N–H and O–H groups in total. The molecule has 0 saturated carbocycles. The molecule has 5 heteroatoms. The van der Waals surface area contributed by atoms with Crippen molar-refractivity contribution in [3.63, 3.8) is 0 Å². The highest BCUT2D eigenvalue weighted by molar-refractivity contribution is 5.37. The minimum Gasteiger partial charge on any atom is -0.330 e. The molecule has 2 rings (SSSR count). The zero-order valence-electron chi connectivity index (χ0n) is 11.4. The quantitative estimate of drug-likeness (QED) is 0.897. The van der Waals surface area contributed by atoms with Crippen LogP contribution in [-0.2, 0) is 19.3 Å². The van der Waals surface area contributed by atoms with E-state index >= 15 is 0 Å². The van der Waals surface area contributed by atoms with Crippen LogP contribution in [0.4, 0.5) is 4.39 Å². The van der Waals surface area contributed by atoms with Crippen LogP contribution in [-0.4, -0.2) is 21.3 Å². The van der Waals surface area contributed by atoms with E-state index in [1.54, 1.807) is 4.68 Å². The fourth-order valence-electron chi connectivity index (χ4n) is 2.04. The van der Waals surface area contributed by atoms with Crippen LogP contribution in [0.15, 0.2) is 18.2 Å². The first-order chi connectivity index (χ1) is 9.17. The van der Waals surface area contributed by atoms with Crippen LogP contribution in [0.2, 0.25) is 0 Å². The summed E-state index contributed by atoms with van der Waals surface area (Å²) in [5.41, 5.74) is 7.12. The monoisotopic (exact) mass is 262 g/mol. The van der Waals surface area contributed by atoms with Crippen LogP contribution in [0, 0.1) is 5.82 Å². The van der Waals surface area contributed by atoms with Crippen LogP contribution >= 0.6 is 0 Å². The first-order valence-electron chi connectivity index (χ1n) is 6.62. The summed E-state index contributed by atoms with van der Waals surface area (Å²) >= 11 is 0. The summed E-state index contributed by atoms with van der Waals surface area (Å²) in [5, 5.41) is 4.42. The molecule has 1 heterocycles. The standard InChI is InChI=1S/C14H19FN4/c1-3-13-17-14(4-2)19(18-13)12-8-10(5-6-16)7-11(15)9-12/h7-9H,3-6,16H2,1-2H3. The maximum Gasteiger partial charge on any atom is 0.151 e. The van der Waals surface area contributed by atoms with Crippen LogP contribution in [0.5, 0.6) is 0 Å². The zero-order chi connectivity index (χ0) is 13.8. The highest BCUT2D eigenvalue weighted by Gasteiger charge is 2.10. The first kappa shape index (κ1) is 13.7. The molecule has 1 aromatic heterocycles. The second-order valence-corrected chi connectivity index (χ2v) is 4.42. The number of hydrogen-bond acceptors (Lipinski definition) is 3. The van der Waals surface area contributed by atoms with Crippen LogP contribution in [0.1, 0.15) is 31.1 Å². The third-order valence-electron chi connectivity index (χ3n) is 2.97. The van der Waals surface area contributed by atoms with Gasteiger partial charge in [0.05, 0.1) is 5.69 Å². The normalized spacial score (nSPS) is 10.9. The molecule has 0 saturated heterocycles. The molecule has 0 fully saturated rings. The van der Waals surface area contributed by atoms with Gasteiger partial charge in [0.1, 0.15) is 11.6 Å². The lowest BCUT2D eigenvalue weighted by Gasteiger charge is -2.07. The molecule has 102 valence electrons. The summed E-state index contributed by atoms with van der Waals surface area (Å²) in [7, 11) is 0. The van der Waals surface area contributed by atoms with Gasteiger partial charge in [-0.1, -0.05) is 13.8 Å². The molecule has 2 aromatic rings. The number of halogens is 1. The molecule has 0 aliphatic heterocycles. The Balaban J connectivity index is 2.48. The predicted molar refractivity (Wildman–Crippen MR) is 72.8 cm³/mol. The lowest BCUT2D eigenvalue weighted by atomic mass is 10.1. The lowest BCUT2D eigenvalue weighted by Crippen LogP contribution is -2.06. The smallest absolute Gasteiger partial charge is 0.151 e. The number of rotatable bonds is 5. The van der Waals surface area contributed by atoms with Gasteiger partial charge in [-0.15, -0.1) is 0 Å². The maximum atomic E-state index is 13.7. The van der Waals surface area contributed by atoms with E-state index in [0.717, 1.165) is 30.1 Å². The Hall–Kier alpha value is -1.75. The number of aromatic nitrogens is 3. The summed E-state index contributed by atoms with van der Waals surface area (Å²) in [6, 6.07) is 4.91. The second kappa shape index (κ2) is 5.93. The Morgan fingerprint density at radius 2 is 2.00 bits per heavy atom. The molecule has 0 bridgehead atoms. The molecule has 0 amide bonds. The van der Waals surface area contributed by atoms with Gasteiger partial charge in [0.2, 0.25) is 0 Å². The van der Waals surface area contributed by atoms with E-state index in [4.69, 9.17) is 5.73 Å². The summed E-state index contributed by atoms with van der Waals surface area (Å²) in [4.78, 5) is 4.43. The molecule has 0 atom stereocenters. The molecule has 0 radical (unpaired) electrons. The van der Waals surface area contributed by atoms with Gasteiger partial charge in [-0.3, -0.25) is 0 Å². The minimum absolute atomic E-state index is 0.267. The van der Waals surface area contributed by atoms with E-state index in [9.17, 15) is 4.39 Å². The molecular weight excluding hydrogens is 243 g/mol. The summed E-state index contributed by atoms with van der Waals surface area (Å²) in [6.45, 7) is 4.52. The van der Waals surface area contributed by atoms with E-state index in [1.165, 1.54) is 12.1 Å². The van der Waals surface area contributed by atoms with E-state index in [1.807, 2.05) is 19.9 Å². The van der Waals surface area contributed by atoms with Gasteiger partial charge < -0.3 is 5.73 Å². The number of nitrogens with zero attached hydrogens (tertiary/aromatic N) is 3. The van der Waals surface area contributed by atoms with Crippen LogP contribution in [0.25, 0.3) is 5.69 Å². The molecule has 4 nitrogen and oxygen atoms in total. The van der Waals surface area contributed by atoms with Gasteiger partial charge in [0, 0.05) is 12.8 Å². The van der Waals surface area contributed by atoms with Crippen molar-refractivity contribution in [1.29, 1.82) is 0 Å². The highest BCUT2D eigenvalue weighted by Crippen LogP contribution is 2.16. The first-order valence-corrected chi connectivity index (χ1v) is 6.62. The van der Waals surface area contributed by atoms with Gasteiger partial charge >= 0.3 is 0 Å². The Labute approximate surface area is 112 Å². The number of nitrogens with two attached hydrogens (primary N) is 1. The SMILES string of the molecule is CCc1nc(CC)n(-c2cc(F)cc(CCN)c2)n1. The molecule has 0 aliphatic carbocycles. The van der Waals surface area contributed by atoms with Crippen molar-refractivity contribution in [3.8, 4) is 5.69 Å². The molecular formula is C14H19FN4. The predicted octanol–water partition coefficient (Wildman–Crippen LogP) is 2.03. The topological polar surface area (TPSA) is 56.7 Å². The Bertz CT molecular complexity index is 563. The number of hydrogen-bond donors (Lipinski definition) is 1. The zero-order valence-corrected chi connectivity index (χ0v) is 11.4. The van der Waals surface area contributed by atoms with Crippen molar-refractivity contribution >= 4 is 0 Å². The third kappa shape index (κ3) is 2.98. The van der Waals surface area contributed by atoms with Crippen molar-refractivity contribution in [1.82, 2.24) is 14.8 Å². The molecule has 0 spiro atoms. The van der Waals surface area contributed by atoms with Crippen molar-refractivity contribution in [3.05, 3.63) is 41.2 Å². The van der Waals surface area contributed by atoms with Crippen molar-refractivity contribution in [2.75, 3.05) is 6.54 Å². The average Bonchev–Trinajstić information content (AvgIpc) is 2.81. The number of aryl methyl sites for hydroxylation is 2. The lowest BCUT2D eigenvalue weighted by molar-refractivity contribution is 0.621. The summed E-state index contributed by atoms with van der Waals surface area (Å²) < 4.78 is 15.4. The Kier molecular flexibility index (Phi) is 4.27. The van der Waals surface area contributed by atoms with Crippen molar-refractivity contribution < 1.29 is 4.39 Å². The molecule has 0 unspecified atom stereocenters. The average molecular weight is 262 g/mol. The fraction of sp³-hybridized carbons (Fsp3) is 0.429. The fourth-order valence-corrected chi connectivity index (χ4v) is 2.04. The minimum atomic E-state index is -0.267. The van der Waals surface area contributed by atoms with Gasteiger partial charge in [-0.2, -0.15) is 5.10 Å². The molecule has 0 aliphatic rings. The molecule has 19 heavy (non-hydrogen) atoms. The number of benzene rings is 1. The maximum absolute atomic E-state index is 13.7. The third-order valence-corrected chi connectivity index (χ3v) is 2.97. The van der Waals surface area contributed by atoms with E-state index in [2.05, 4.69) is 10.1 Å². The van der Waals surface area contributed by atoms with Crippen LogP contribution < -0.4 is 5.73 Å². The van der Waals surface area contributed by atoms with E-state index < -0.39 is 0 Å².